The molecule has 9 heteroatoms. The van der Waals surface area contributed by atoms with Crippen molar-refractivity contribution in [2.75, 3.05) is 18.0 Å². The van der Waals surface area contributed by atoms with E-state index in [1.165, 1.54) is 0 Å². The zero-order chi connectivity index (χ0) is 27.8. The van der Waals surface area contributed by atoms with E-state index >= 15 is 0 Å². The van der Waals surface area contributed by atoms with Crippen LogP contribution in [0.25, 0.3) is 0 Å². The Kier molecular flexibility index (Phi) is 9.50. The zero-order valence-corrected chi connectivity index (χ0v) is 23.5. The van der Waals surface area contributed by atoms with Gasteiger partial charge in [0.25, 0.3) is 6.26 Å². The molecule has 39 heavy (non-hydrogen) atoms. The number of hydrogen-bond acceptors (Lipinski definition) is 7. The van der Waals surface area contributed by atoms with Crippen molar-refractivity contribution in [2.24, 2.45) is 16.6 Å². The Labute approximate surface area is 235 Å². The monoisotopic (exact) mass is 546 g/mol. The normalized spacial score (nSPS) is 18.1. The van der Waals surface area contributed by atoms with Crippen molar-refractivity contribution < 1.29 is 9.47 Å². The number of aromatic nitrogens is 1. The van der Waals surface area contributed by atoms with Gasteiger partial charge in [0.2, 0.25) is 0 Å². The van der Waals surface area contributed by atoms with Crippen LogP contribution < -0.4 is 25.4 Å². The van der Waals surface area contributed by atoms with E-state index in [9.17, 15) is 5.26 Å². The van der Waals surface area contributed by atoms with Crippen LogP contribution in [0.2, 0.25) is 5.02 Å². The van der Waals surface area contributed by atoms with Gasteiger partial charge in [-0.25, -0.2) is 9.98 Å². The number of amidine groups is 1. The maximum Gasteiger partial charge on any atom is 0.292 e. The van der Waals surface area contributed by atoms with Crippen LogP contribution in [0.15, 0.2) is 65.1 Å². The summed E-state index contributed by atoms with van der Waals surface area (Å²) in [6.07, 6.45) is 14.5. The lowest BCUT2D eigenvalue weighted by atomic mass is 10.0. The summed E-state index contributed by atoms with van der Waals surface area (Å²) >= 11 is 6.53. The molecule has 0 radical (unpaired) electrons. The fraction of sp³-hybridized carbons (Fsp3) is 0.367. The number of anilines is 1. The largest absolute Gasteiger partial charge is 0.456 e. The molecule has 8 nitrogen and oxygen atoms in total. The smallest absolute Gasteiger partial charge is 0.292 e. The maximum atomic E-state index is 9.31. The molecule has 1 atom stereocenters. The maximum absolute atomic E-state index is 9.31. The number of fused-ring (bicyclic) bond motifs is 1. The summed E-state index contributed by atoms with van der Waals surface area (Å²) in [4.78, 5) is 11.8. The van der Waals surface area contributed by atoms with E-state index in [1.54, 1.807) is 30.7 Å². The van der Waals surface area contributed by atoms with Crippen LogP contribution in [0.1, 0.15) is 57.7 Å². The Morgan fingerprint density at radius 3 is 2.92 bits per heavy atom. The molecule has 4 rings (SSSR count). The number of rotatable bonds is 9. The number of nitrogens with zero attached hydrogens (tertiary/aromatic N) is 4. The summed E-state index contributed by atoms with van der Waals surface area (Å²) in [5, 5.41) is 12.8. The van der Waals surface area contributed by atoms with Gasteiger partial charge in [0.15, 0.2) is 17.3 Å². The quantitative estimate of drug-likeness (QED) is 0.160. The molecule has 0 amide bonds. The molecule has 1 aromatic heterocycles. The fourth-order valence-corrected chi connectivity index (χ4v) is 4.87. The minimum atomic E-state index is 0.139. The first kappa shape index (κ1) is 28.1. The first-order valence-electron chi connectivity index (χ1n) is 13.4. The Morgan fingerprint density at radius 2 is 2.18 bits per heavy atom. The highest BCUT2D eigenvalue weighted by Gasteiger charge is 2.24. The van der Waals surface area contributed by atoms with Gasteiger partial charge in [0, 0.05) is 31.1 Å². The van der Waals surface area contributed by atoms with Gasteiger partial charge in [0.05, 0.1) is 10.7 Å². The van der Waals surface area contributed by atoms with Crippen LogP contribution in [0.5, 0.6) is 11.5 Å². The summed E-state index contributed by atoms with van der Waals surface area (Å²) in [5.41, 5.74) is 9.32. The number of aliphatic imine (C=N–C) groups is 1. The van der Waals surface area contributed by atoms with Gasteiger partial charge in [-0.15, -0.1) is 5.26 Å². The number of aryl methyl sites for hydroxylation is 1. The lowest BCUT2D eigenvalue weighted by Gasteiger charge is -2.26. The number of ether oxygens (including phenoxy) is 2. The van der Waals surface area contributed by atoms with Crippen molar-refractivity contribution in [1.82, 2.24) is 10.3 Å². The number of benzene rings is 1. The molecule has 0 aliphatic carbocycles. The summed E-state index contributed by atoms with van der Waals surface area (Å²) < 4.78 is 11.3. The Hall–Kier alpha value is -3.96. The van der Waals surface area contributed by atoms with Gasteiger partial charge in [-0.2, -0.15) is 0 Å². The molecule has 1 unspecified atom stereocenters. The molecule has 2 aliphatic heterocycles. The standard InChI is InChI=1S/C30H35ClN6O2/c1-4-6-7-14-37-18-20(3)8-9-21-15-27(38-19-32)28(36-30(21)37)29(33)35-23-10-11-26(25(31)17-23)39-24-12-13-34-22(5-2)16-24/h5,10-13,15-17,20,34H,4,6-9,14,18H2,1-3H3,(H2,33,35). The number of hydrogen-bond donors (Lipinski definition) is 2. The number of halogens is 1. The second-order valence-corrected chi connectivity index (χ2v) is 10.2. The van der Waals surface area contributed by atoms with Crippen LogP contribution in [0.3, 0.4) is 0 Å². The summed E-state index contributed by atoms with van der Waals surface area (Å²) in [6, 6.07) is 7.08. The highest BCUT2D eigenvalue weighted by atomic mass is 35.5. The van der Waals surface area contributed by atoms with Gasteiger partial charge in [-0.3, -0.25) is 0 Å². The third-order valence-electron chi connectivity index (χ3n) is 6.71. The summed E-state index contributed by atoms with van der Waals surface area (Å²) in [7, 11) is 0. The predicted octanol–water partition coefficient (Wildman–Crippen LogP) is 6.49. The predicted molar refractivity (Wildman–Crippen MR) is 156 cm³/mol. The molecule has 204 valence electrons. The lowest BCUT2D eigenvalue weighted by Crippen LogP contribution is -2.30. The molecule has 3 N–H and O–H groups in total. The Morgan fingerprint density at radius 1 is 1.33 bits per heavy atom. The van der Waals surface area contributed by atoms with Crippen molar-refractivity contribution in [1.29, 1.82) is 5.26 Å². The summed E-state index contributed by atoms with van der Waals surface area (Å²) in [6.45, 7) is 8.24. The minimum Gasteiger partial charge on any atom is -0.456 e. The van der Waals surface area contributed by atoms with E-state index in [4.69, 9.17) is 31.8 Å². The highest BCUT2D eigenvalue weighted by molar-refractivity contribution is 6.32. The molecule has 0 saturated carbocycles. The van der Waals surface area contributed by atoms with E-state index in [1.807, 2.05) is 31.2 Å². The number of dihydropyridines is 1. The van der Waals surface area contributed by atoms with E-state index in [0.717, 1.165) is 62.3 Å². The minimum absolute atomic E-state index is 0.139. The molecule has 0 bridgehead atoms. The van der Waals surface area contributed by atoms with Crippen molar-refractivity contribution in [3.8, 4) is 17.8 Å². The summed E-state index contributed by atoms with van der Waals surface area (Å²) in [5.74, 6) is 3.01. The second kappa shape index (κ2) is 13.2. The molecule has 1 aromatic carbocycles. The number of unbranched alkanes of at least 4 members (excludes halogenated alkanes) is 2. The highest BCUT2D eigenvalue weighted by Crippen LogP contribution is 2.34. The van der Waals surface area contributed by atoms with Crippen LogP contribution >= 0.6 is 11.6 Å². The average Bonchev–Trinajstić information content (AvgIpc) is 3.08. The third-order valence-corrected chi connectivity index (χ3v) is 7.01. The van der Waals surface area contributed by atoms with Crippen LogP contribution in [0, 0.1) is 17.4 Å². The molecule has 0 spiro atoms. The number of allylic oxidation sites excluding steroid dienone is 3. The van der Waals surface area contributed by atoms with Crippen molar-refractivity contribution in [3.63, 3.8) is 0 Å². The first-order valence-corrected chi connectivity index (χ1v) is 13.8. The first-order chi connectivity index (χ1) is 18.9. The van der Waals surface area contributed by atoms with Gasteiger partial charge in [-0.05, 0) is 68.0 Å². The van der Waals surface area contributed by atoms with E-state index in [2.05, 4.69) is 29.1 Å². The van der Waals surface area contributed by atoms with Crippen molar-refractivity contribution in [2.45, 2.75) is 52.9 Å². The van der Waals surface area contributed by atoms with Crippen LogP contribution in [0.4, 0.5) is 11.5 Å². The van der Waals surface area contributed by atoms with Crippen LogP contribution in [-0.2, 0) is 6.42 Å². The molecule has 3 heterocycles. The molecular formula is C30H35ClN6O2. The Bertz CT molecular complexity index is 1360. The number of nitrogens with one attached hydrogen (secondary N) is 1. The number of nitriles is 1. The molecule has 0 saturated heterocycles. The Balaban J connectivity index is 1.64. The molecular weight excluding hydrogens is 512 g/mol. The lowest BCUT2D eigenvalue weighted by molar-refractivity contribution is 0.442. The topological polar surface area (TPSA) is 109 Å². The van der Waals surface area contributed by atoms with Crippen LogP contribution in [-0.4, -0.2) is 23.9 Å². The van der Waals surface area contributed by atoms with Crippen molar-refractivity contribution >= 4 is 28.9 Å². The van der Waals surface area contributed by atoms with Gasteiger partial charge < -0.3 is 25.4 Å². The molecule has 2 aromatic rings. The second-order valence-electron chi connectivity index (χ2n) is 9.79. The van der Waals surface area contributed by atoms with E-state index < -0.39 is 0 Å². The SMILES string of the molecule is CC=C1C=C(Oc2ccc(N=C(N)c3nc4c(cc3OC#N)CCC(C)CN4CCCCC)cc2Cl)C=CN1. The number of pyridine rings is 1. The number of nitrogens with two attached hydrogens (primary N) is 1. The van der Waals surface area contributed by atoms with Gasteiger partial charge in [-0.1, -0.05) is 44.4 Å². The third kappa shape index (κ3) is 7.12. The van der Waals surface area contributed by atoms with Gasteiger partial charge >= 0.3 is 0 Å². The molecule has 2 aliphatic rings. The van der Waals surface area contributed by atoms with Gasteiger partial charge in [0.1, 0.15) is 17.3 Å². The van der Waals surface area contributed by atoms with Crippen molar-refractivity contribution in [3.05, 3.63) is 76.4 Å². The fourth-order valence-electron chi connectivity index (χ4n) is 4.65. The zero-order valence-electron chi connectivity index (χ0n) is 22.7. The average molecular weight is 547 g/mol. The van der Waals surface area contributed by atoms with E-state index in [-0.39, 0.29) is 5.84 Å². The van der Waals surface area contributed by atoms with E-state index in [0.29, 0.717) is 39.6 Å². The molecule has 0 fully saturated rings.